The lowest BCUT2D eigenvalue weighted by Gasteiger charge is -2.18. The fraction of sp³-hybridized carbons (Fsp3) is 0.600. The molecule has 0 heterocycles. The highest BCUT2D eigenvalue weighted by atomic mass is 32.2. The average molecular weight is 267 g/mol. The highest BCUT2D eigenvalue weighted by Crippen LogP contribution is 2.22. The first-order valence-electron chi connectivity index (χ1n) is 6.59. The molecule has 0 aliphatic carbocycles. The minimum Gasteiger partial charge on any atom is -0.496 e. The van der Waals surface area contributed by atoms with Gasteiger partial charge in [0.25, 0.3) is 0 Å². The molecule has 3 heteroatoms. The fourth-order valence-corrected chi connectivity index (χ4v) is 2.97. The number of benzene rings is 1. The molecule has 0 aromatic heterocycles. The predicted octanol–water partition coefficient (Wildman–Crippen LogP) is 3.28. The number of methoxy groups -OCH3 is 1. The second-order valence-corrected chi connectivity index (χ2v) is 5.73. The van der Waals surface area contributed by atoms with E-state index < -0.39 is 0 Å². The summed E-state index contributed by atoms with van der Waals surface area (Å²) in [6.45, 7) is 4.36. The van der Waals surface area contributed by atoms with E-state index in [-0.39, 0.29) is 0 Å². The maximum absolute atomic E-state index is 5.44. The van der Waals surface area contributed by atoms with E-state index in [0.29, 0.717) is 6.04 Å². The van der Waals surface area contributed by atoms with Gasteiger partial charge >= 0.3 is 0 Å². The lowest BCUT2D eigenvalue weighted by Crippen LogP contribution is -2.30. The molecule has 1 unspecified atom stereocenters. The van der Waals surface area contributed by atoms with Crippen LogP contribution in [0.5, 0.6) is 5.75 Å². The van der Waals surface area contributed by atoms with E-state index in [4.69, 9.17) is 4.74 Å². The Hall–Kier alpha value is -0.670. The summed E-state index contributed by atoms with van der Waals surface area (Å²) >= 11 is 2.02. The molecule has 0 saturated carbocycles. The van der Waals surface area contributed by atoms with Crippen molar-refractivity contribution in [2.75, 3.05) is 25.7 Å². The van der Waals surface area contributed by atoms with E-state index in [1.54, 1.807) is 7.11 Å². The molecule has 0 aliphatic heterocycles. The van der Waals surface area contributed by atoms with Gasteiger partial charge in [-0.1, -0.05) is 24.6 Å². The van der Waals surface area contributed by atoms with Crippen molar-refractivity contribution in [1.82, 2.24) is 5.32 Å². The highest BCUT2D eigenvalue weighted by molar-refractivity contribution is 7.99. The van der Waals surface area contributed by atoms with Gasteiger partial charge in [-0.2, -0.15) is 11.8 Å². The summed E-state index contributed by atoms with van der Waals surface area (Å²) in [5.74, 6) is 3.39. The summed E-state index contributed by atoms with van der Waals surface area (Å²) in [6.07, 6.45) is 2.27. The van der Waals surface area contributed by atoms with Gasteiger partial charge in [0.05, 0.1) is 7.11 Å². The molecule has 1 aromatic carbocycles. The first-order chi connectivity index (χ1) is 8.71. The Balaban J connectivity index is 2.65. The Bertz CT molecular complexity index is 354. The van der Waals surface area contributed by atoms with Crippen molar-refractivity contribution < 1.29 is 4.74 Å². The van der Waals surface area contributed by atoms with Crippen LogP contribution in [0.1, 0.15) is 24.5 Å². The van der Waals surface area contributed by atoms with Gasteiger partial charge < -0.3 is 10.1 Å². The molecule has 18 heavy (non-hydrogen) atoms. The number of rotatable bonds is 8. The molecule has 1 rings (SSSR count). The van der Waals surface area contributed by atoms with E-state index in [1.165, 1.54) is 23.3 Å². The summed E-state index contributed by atoms with van der Waals surface area (Å²) in [5, 5.41) is 3.40. The molecule has 0 radical (unpaired) electrons. The van der Waals surface area contributed by atoms with Gasteiger partial charge in [0.2, 0.25) is 0 Å². The third-order valence-corrected chi connectivity index (χ3v) is 4.31. The van der Waals surface area contributed by atoms with E-state index in [1.807, 2.05) is 18.8 Å². The quantitative estimate of drug-likeness (QED) is 0.730. The minimum atomic E-state index is 0.511. The van der Waals surface area contributed by atoms with Gasteiger partial charge in [0.1, 0.15) is 5.75 Å². The van der Waals surface area contributed by atoms with Crippen LogP contribution in [0.15, 0.2) is 18.2 Å². The first-order valence-corrected chi connectivity index (χ1v) is 7.75. The molecule has 0 saturated heterocycles. The van der Waals surface area contributed by atoms with E-state index in [2.05, 4.69) is 37.4 Å². The van der Waals surface area contributed by atoms with Gasteiger partial charge in [0.15, 0.2) is 0 Å². The van der Waals surface area contributed by atoms with Crippen LogP contribution in [-0.2, 0) is 6.42 Å². The number of hydrogen-bond donors (Lipinski definition) is 1. The van der Waals surface area contributed by atoms with Crippen molar-refractivity contribution in [2.24, 2.45) is 0 Å². The molecule has 2 nitrogen and oxygen atoms in total. The monoisotopic (exact) mass is 267 g/mol. The van der Waals surface area contributed by atoms with Crippen molar-refractivity contribution in [3.8, 4) is 5.75 Å². The first kappa shape index (κ1) is 15.4. The Labute approximate surface area is 116 Å². The highest BCUT2D eigenvalue weighted by Gasteiger charge is 2.11. The molecule has 0 fully saturated rings. The third kappa shape index (κ3) is 4.91. The summed E-state index contributed by atoms with van der Waals surface area (Å²) in [7, 11) is 3.79. The Kier molecular flexibility index (Phi) is 7.21. The lowest BCUT2D eigenvalue weighted by atomic mass is 10.0. The summed E-state index contributed by atoms with van der Waals surface area (Å²) < 4.78 is 5.44. The molecule has 0 bridgehead atoms. The number of hydrogen-bond acceptors (Lipinski definition) is 3. The van der Waals surface area contributed by atoms with E-state index in [9.17, 15) is 0 Å². The minimum absolute atomic E-state index is 0.511. The number of nitrogens with one attached hydrogen (secondary N) is 1. The topological polar surface area (TPSA) is 21.3 Å². The third-order valence-electron chi connectivity index (χ3n) is 2.98. The molecular formula is C15H25NOS. The van der Waals surface area contributed by atoms with Crippen molar-refractivity contribution in [3.63, 3.8) is 0 Å². The molecule has 1 aromatic rings. The summed E-state index contributed by atoms with van der Waals surface area (Å²) in [5.41, 5.74) is 2.59. The summed E-state index contributed by atoms with van der Waals surface area (Å²) in [4.78, 5) is 0. The van der Waals surface area contributed by atoms with Gasteiger partial charge in [-0.05, 0) is 44.2 Å². The van der Waals surface area contributed by atoms with Gasteiger partial charge in [0, 0.05) is 11.8 Å². The molecule has 102 valence electrons. The maximum atomic E-state index is 5.44. The van der Waals surface area contributed by atoms with Crippen molar-refractivity contribution in [1.29, 1.82) is 0 Å². The molecule has 0 amide bonds. The van der Waals surface area contributed by atoms with E-state index in [0.717, 1.165) is 17.9 Å². The summed E-state index contributed by atoms with van der Waals surface area (Å²) in [6, 6.07) is 6.91. The average Bonchev–Trinajstić information content (AvgIpc) is 2.38. The van der Waals surface area contributed by atoms with Crippen LogP contribution < -0.4 is 10.1 Å². The van der Waals surface area contributed by atoms with Crippen LogP contribution in [0.4, 0.5) is 0 Å². The van der Waals surface area contributed by atoms with Gasteiger partial charge in [-0.3, -0.25) is 0 Å². The Morgan fingerprint density at radius 3 is 2.78 bits per heavy atom. The SMILES string of the molecule is CCCSCC(Cc1cc(C)ccc1OC)NC. The normalized spacial score (nSPS) is 12.4. The fourth-order valence-electron chi connectivity index (χ4n) is 1.95. The van der Waals surface area contributed by atoms with Crippen LogP contribution in [0, 0.1) is 6.92 Å². The number of likely N-dealkylation sites (N-methyl/N-ethyl adjacent to an activating group) is 1. The number of aryl methyl sites for hydroxylation is 1. The molecule has 0 spiro atoms. The van der Waals surface area contributed by atoms with Crippen molar-refractivity contribution >= 4 is 11.8 Å². The number of ether oxygens (including phenoxy) is 1. The maximum Gasteiger partial charge on any atom is 0.122 e. The van der Waals surface area contributed by atoms with Crippen molar-refractivity contribution in [2.45, 2.75) is 32.7 Å². The smallest absolute Gasteiger partial charge is 0.122 e. The standard InChI is InChI=1S/C15H25NOS/c1-5-8-18-11-14(16-3)10-13-9-12(2)6-7-15(13)17-4/h6-7,9,14,16H,5,8,10-11H2,1-4H3. The largest absolute Gasteiger partial charge is 0.496 e. The van der Waals surface area contributed by atoms with E-state index >= 15 is 0 Å². The molecule has 1 atom stereocenters. The molecular weight excluding hydrogens is 242 g/mol. The van der Waals surface area contributed by atoms with Gasteiger partial charge in [-0.15, -0.1) is 0 Å². The molecule has 1 N–H and O–H groups in total. The van der Waals surface area contributed by atoms with Crippen LogP contribution in [-0.4, -0.2) is 31.7 Å². The zero-order valence-corrected chi connectivity index (χ0v) is 12.8. The van der Waals surface area contributed by atoms with Crippen LogP contribution in [0.2, 0.25) is 0 Å². The second kappa shape index (κ2) is 8.44. The van der Waals surface area contributed by atoms with Crippen LogP contribution in [0.25, 0.3) is 0 Å². The van der Waals surface area contributed by atoms with Crippen LogP contribution >= 0.6 is 11.8 Å². The lowest BCUT2D eigenvalue weighted by molar-refractivity contribution is 0.407. The second-order valence-electron chi connectivity index (χ2n) is 4.58. The zero-order chi connectivity index (χ0) is 13.4. The van der Waals surface area contributed by atoms with Crippen molar-refractivity contribution in [3.05, 3.63) is 29.3 Å². The van der Waals surface area contributed by atoms with Gasteiger partial charge in [-0.25, -0.2) is 0 Å². The Morgan fingerprint density at radius 2 is 2.17 bits per heavy atom. The predicted molar refractivity (Wildman–Crippen MR) is 81.9 cm³/mol. The van der Waals surface area contributed by atoms with Crippen LogP contribution in [0.3, 0.4) is 0 Å². The zero-order valence-electron chi connectivity index (χ0n) is 12.0. The number of thioether (sulfide) groups is 1. The Morgan fingerprint density at radius 1 is 1.39 bits per heavy atom. The molecule has 0 aliphatic rings.